The van der Waals surface area contributed by atoms with Gasteiger partial charge in [0.1, 0.15) is 0 Å². The van der Waals surface area contributed by atoms with E-state index in [2.05, 4.69) is 47.0 Å². The van der Waals surface area contributed by atoms with E-state index in [0.29, 0.717) is 12.2 Å². The van der Waals surface area contributed by atoms with Crippen molar-refractivity contribution in [3.8, 4) is 0 Å². The molecule has 2 aliphatic carbocycles. The van der Waals surface area contributed by atoms with Crippen molar-refractivity contribution in [3.05, 3.63) is 34.6 Å². The van der Waals surface area contributed by atoms with Crippen LogP contribution in [-0.2, 0) is 9.53 Å². The smallest absolute Gasteiger partial charge is 0.162 e. The number of allylic oxidation sites excluding steroid dienone is 3. The summed E-state index contributed by atoms with van der Waals surface area (Å²) in [5.41, 5.74) is 3.85. The molecule has 2 rings (SSSR count). The van der Waals surface area contributed by atoms with E-state index in [9.17, 15) is 4.79 Å². The fourth-order valence-electron chi connectivity index (χ4n) is 4.85. The third kappa shape index (κ3) is 3.25. The number of hydrogen-bond acceptors (Lipinski definition) is 2. The molecule has 0 fully saturated rings. The number of ketones is 1. The molecule has 0 spiro atoms. The van der Waals surface area contributed by atoms with Crippen molar-refractivity contribution in [3.63, 3.8) is 0 Å². The molecule has 0 aromatic heterocycles. The molecule has 0 amide bonds. The maximum absolute atomic E-state index is 13.6. The van der Waals surface area contributed by atoms with E-state index >= 15 is 0 Å². The van der Waals surface area contributed by atoms with E-state index in [1.165, 1.54) is 16.3 Å². The zero-order chi connectivity index (χ0) is 18.3. The zero-order valence-corrected chi connectivity index (χ0v) is 17.6. The molecular formula is C21H34O2Si. The van der Waals surface area contributed by atoms with Crippen molar-refractivity contribution in [1.82, 2.24) is 0 Å². The summed E-state index contributed by atoms with van der Waals surface area (Å²) in [6.07, 6.45) is 5.52. The summed E-state index contributed by atoms with van der Waals surface area (Å²) in [6, 6.07) is 0. The van der Waals surface area contributed by atoms with Crippen LogP contribution in [0.25, 0.3) is 0 Å². The van der Waals surface area contributed by atoms with E-state index in [1.54, 1.807) is 7.11 Å². The number of methoxy groups -OCH3 is 1. The van der Waals surface area contributed by atoms with Gasteiger partial charge in [-0.1, -0.05) is 50.7 Å². The van der Waals surface area contributed by atoms with Crippen LogP contribution in [0, 0.1) is 11.3 Å². The van der Waals surface area contributed by atoms with Gasteiger partial charge in [-0.3, -0.25) is 4.79 Å². The summed E-state index contributed by atoms with van der Waals surface area (Å²) in [4.78, 5) is 13.6. The number of carbonyl (C=O) groups excluding carboxylic acids is 1. The van der Waals surface area contributed by atoms with Crippen molar-refractivity contribution in [2.24, 2.45) is 11.3 Å². The molecule has 2 aliphatic rings. The molecule has 0 aromatic carbocycles. The molecule has 2 nitrogen and oxygen atoms in total. The van der Waals surface area contributed by atoms with E-state index in [4.69, 9.17) is 4.74 Å². The second-order valence-electron chi connectivity index (χ2n) is 9.00. The lowest BCUT2D eigenvalue weighted by molar-refractivity contribution is -0.123. The Morgan fingerprint density at radius 3 is 2.46 bits per heavy atom. The Hall–Kier alpha value is -0.933. The molecular weight excluding hydrogens is 312 g/mol. The normalized spacial score (nSPS) is 30.9. The van der Waals surface area contributed by atoms with Crippen LogP contribution in [-0.4, -0.2) is 27.1 Å². The molecule has 134 valence electrons. The van der Waals surface area contributed by atoms with Gasteiger partial charge in [0.15, 0.2) is 5.78 Å². The number of Topliss-reactive ketones (excluding diaryl/α,β-unsaturated/α-hetero) is 1. The summed E-state index contributed by atoms with van der Waals surface area (Å²) < 4.78 is 5.98. The number of ether oxygens (including phenoxy) is 1. The highest BCUT2D eigenvalue weighted by Gasteiger charge is 2.46. The van der Waals surface area contributed by atoms with Crippen molar-refractivity contribution in [1.29, 1.82) is 0 Å². The Labute approximate surface area is 149 Å². The number of fused-ring (bicyclic) bond motifs is 2. The first-order valence-corrected chi connectivity index (χ1v) is 12.7. The van der Waals surface area contributed by atoms with Crippen LogP contribution in [0.4, 0.5) is 0 Å². The second-order valence-corrected chi connectivity index (χ2v) is 14.0. The lowest BCUT2D eigenvalue weighted by atomic mass is 9.61. The highest BCUT2D eigenvalue weighted by atomic mass is 28.3. The van der Waals surface area contributed by atoms with Gasteiger partial charge in [0.05, 0.1) is 14.2 Å². The standard InChI is InChI=1S/C21H34O2Si/c1-9-10-15-19(22)16-12-11-14(2)17(21(16,3)4)13-18(23-5)20(15)24(6,7)8/h9,16,18H,1,10-13H2,2-8H3/b20-15+/t16-,18-/m0/s1. The predicted molar refractivity (Wildman–Crippen MR) is 105 cm³/mol. The molecule has 24 heavy (non-hydrogen) atoms. The maximum Gasteiger partial charge on any atom is 0.162 e. The highest BCUT2D eigenvalue weighted by molar-refractivity contribution is 6.83. The number of hydrogen-bond donors (Lipinski definition) is 0. The van der Waals surface area contributed by atoms with Crippen molar-refractivity contribution in [2.45, 2.75) is 72.2 Å². The van der Waals surface area contributed by atoms with Gasteiger partial charge in [0.25, 0.3) is 0 Å². The van der Waals surface area contributed by atoms with Crippen LogP contribution in [0.3, 0.4) is 0 Å². The van der Waals surface area contributed by atoms with Crippen LogP contribution in [0.15, 0.2) is 34.6 Å². The summed E-state index contributed by atoms with van der Waals surface area (Å²) in [5.74, 6) is 0.444. The van der Waals surface area contributed by atoms with Crippen molar-refractivity contribution >= 4 is 13.9 Å². The molecule has 3 heteroatoms. The molecule has 0 N–H and O–H groups in total. The fraction of sp³-hybridized carbons (Fsp3) is 0.667. The average Bonchev–Trinajstić information content (AvgIpc) is 2.46. The third-order valence-corrected chi connectivity index (χ3v) is 8.30. The SMILES string of the molecule is C=CC/C1=C(\[Si](C)(C)C)[C@@H](OC)CC2=C(C)CC[C@@H](C1=O)C2(C)C. The third-order valence-electron chi connectivity index (χ3n) is 6.06. The van der Waals surface area contributed by atoms with Crippen LogP contribution < -0.4 is 0 Å². The highest BCUT2D eigenvalue weighted by Crippen LogP contribution is 2.51. The predicted octanol–water partition coefficient (Wildman–Crippen LogP) is 5.48. The molecule has 0 unspecified atom stereocenters. The largest absolute Gasteiger partial charge is 0.377 e. The molecule has 2 bridgehead atoms. The minimum Gasteiger partial charge on any atom is -0.377 e. The number of carbonyl (C=O) groups is 1. The monoisotopic (exact) mass is 346 g/mol. The Kier molecular flexibility index (Phi) is 5.46. The van der Waals surface area contributed by atoms with Gasteiger partial charge in [-0.25, -0.2) is 0 Å². The van der Waals surface area contributed by atoms with Crippen LogP contribution >= 0.6 is 0 Å². The topological polar surface area (TPSA) is 26.3 Å². The van der Waals surface area contributed by atoms with Gasteiger partial charge in [0, 0.05) is 13.0 Å². The Bertz CT molecular complexity index is 602. The average molecular weight is 347 g/mol. The first kappa shape index (κ1) is 19.4. The lowest BCUT2D eigenvalue weighted by Gasteiger charge is -2.46. The second kappa shape index (κ2) is 6.76. The van der Waals surface area contributed by atoms with Gasteiger partial charge in [0.2, 0.25) is 0 Å². The summed E-state index contributed by atoms with van der Waals surface area (Å²) in [6.45, 7) is 17.7. The van der Waals surface area contributed by atoms with Crippen LogP contribution in [0.5, 0.6) is 0 Å². The molecule has 0 saturated heterocycles. The van der Waals surface area contributed by atoms with E-state index in [-0.39, 0.29) is 17.4 Å². The van der Waals surface area contributed by atoms with Gasteiger partial charge in [-0.2, -0.15) is 0 Å². The van der Waals surface area contributed by atoms with E-state index < -0.39 is 8.07 Å². The molecule has 0 aliphatic heterocycles. The summed E-state index contributed by atoms with van der Waals surface area (Å²) in [5, 5.41) is 1.31. The van der Waals surface area contributed by atoms with Crippen molar-refractivity contribution < 1.29 is 9.53 Å². The van der Waals surface area contributed by atoms with Gasteiger partial charge in [-0.05, 0) is 48.8 Å². The van der Waals surface area contributed by atoms with E-state index in [0.717, 1.165) is 24.8 Å². The van der Waals surface area contributed by atoms with Gasteiger partial charge in [-0.15, -0.1) is 6.58 Å². The molecule has 0 heterocycles. The van der Waals surface area contributed by atoms with Crippen molar-refractivity contribution in [2.75, 3.05) is 7.11 Å². The Balaban J connectivity index is 2.76. The molecule has 2 atom stereocenters. The fourth-order valence-corrected chi connectivity index (χ4v) is 7.16. The molecule has 0 radical (unpaired) electrons. The van der Waals surface area contributed by atoms with E-state index in [1.807, 2.05) is 6.08 Å². The minimum atomic E-state index is -1.69. The zero-order valence-electron chi connectivity index (χ0n) is 16.6. The van der Waals surface area contributed by atoms with Gasteiger partial charge < -0.3 is 4.74 Å². The first-order chi connectivity index (χ1) is 11.1. The Morgan fingerprint density at radius 2 is 1.96 bits per heavy atom. The minimum absolute atomic E-state index is 0.0267. The lowest BCUT2D eigenvalue weighted by Crippen LogP contribution is -2.45. The molecule has 0 saturated carbocycles. The maximum atomic E-state index is 13.6. The quantitative estimate of drug-likeness (QED) is 0.498. The van der Waals surface area contributed by atoms with Crippen LogP contribution in [0.1, 0.15) is 46.5 Å². The molecule has 0 aromatic rings. The number of rotatable bonds is 4. The summed E-state index contributed by atoms with van der Waals surface area (Å²) in [7, 11) is 0.107. The Morgan fingerprint density at radius 1 is 1.33 bits per heavy atom. The van der Waals surface area contributed by atoms with Gasteiger partial charge >= 0.3 is 0 Å². The van der Waals surface area contributed by atoms with Crippen LogP contribution in [0.2, 0.25) is 19.6 Å². The summed E-state index contributed by atoms with van der Waals surface area (Å²) >= 11 is 0. The first-order valence-electron chi connectivity index (χ1n) is 9.16.